The van der Waals surface area contributed by atoms with Gasteiger partial charge in [0, 0.05) is 19.1 Å². The number of nitrogens with zero attached hydrogens (tertiary/aromatic N) is 3. The Balaban J connectivity index is 1.86. The first-order chi connectivity index (χ1) is 9.33. The second kappa shape index (κ2) is 5.83. The van der Waals surface area contributed by atoms with Crippen LogP contribution in [0.3, 0.4) is 0 Å². The van der Waals surface area contributed by atoms with E-state index < -0.39 is 5.60 Å². The molecule has 1 aliphatic rings. The summed E-state index contributed by atoms with van der Waals surface area (Å²) < 4.78 is 5.35. The number of aromatic nitrogens is 2. The zero-order valence-electron chi connectivity index (χ0n) is 11.9. The summed E-state index contributed by atoms with van der Waals surface area (Å²) in [7, 11) is 0. The number of likely N-dealkylation sites (tertiary alicyclic amines) is 1. The Morgan fingerprint density at radius 2 is 2.10 bits per heavy atom. The highest BCUT2D eigenvalue weighted by atomic mass is 35.5. The number of ether oxygens (including phenoxy) is 1. The predicted molar refractivity (Wildman–Crippen MR) is 76.9 cm³/mol. The Bertz CT molecular complexity index is 472. The Kier molecular flexibility index (Phi) is 4.32. The fraction of sp³-hybridized carbons (Fsp3) is 0.615. The molecule has 0 radical (unpaired) electrons. The van der Waals surface area contributed by atoms with Crippen molar-refractivity contribution in [2.75, 3.05) is 18.4 Å². The lowest BCUT2D eigenvalue weighted by molar-refractivity contribution is 0.0293. The van der Waals surface area contributed by atoms with Gasteiger partial charge < -0.3 is 15.0 Å². The monoisotopic (exact) mass is 298 g/mol. The van der Waals surface area contributed by atoms with Crippen molar-refractivity contribution in [3.8, 4) is 0 Å². The van der Waals surface area contributed by atoms with Gasteiger partial charge in [0.15, 0.2) is 0 Å². The van der Waals surface area contributed by atoms with E-state index in [1.54, 1.807) is 4.90 Å². The number of nitrogens with one attached hydrogen (secondary N) is 1. The van der Waals surface area contributed by atoms with Crippen molar-refractivity contribution in [1.29, 1.82) is 0 Å². The van der Waals surface area contributed by atoms with Crippen molar-refractivity contribution in [3.05, 3.63) is 17.4 Å². The van der Waals surface area contributed by atoms with Gasteiger partial charge in [0.25, 0.3) is 0 Å². The third-order valence-electron chi connectivity index (χ3n) is 2.79. The molecular weight excluding hydrogens is 280 g/mol. The molecule has 0 aliphatic carbocycles. The minimum atomic E-state index is -0.470. The normalized spacial score (nSPS) is 19.0. The molecule has 1 aromatic heterocycles. The molecule has 0 saturated carbocycles. The van der Waals surface area contributed by atoms with Crippen molar-refractivity contribution in [2.45, 2.75) is 38.8 Å². The average molecular weight is 299 g/mol. The Morgan fingerprint density at radius 1 is 1.45 bits per heavy atom. The zero-order valence-corrected chi connectivity index (χ0v) is 12.6. The molecule has 0 spiro atoms. The van der Waals surface area contributed by atoms with Gasteiger partial charge in [-0.05, 0) is 27.2 Å². The molecular formula is C13H19ClN4O2. The van der Waals surface area contributed by atoms with Crippen LogP contribution < -0.4 is 5.32 Å². The van der Waals surface area contributed by atoms with Crippen LogP contribution >= 0.6 is 11.6 Å². The molecule has 110 valence electrons. The molecule has 20 heavy (non-hydrogen) atoms. The van der Waals surface area contributed by atoms with Crippen molar-refractivity contribution < 1.29 is 9.53 Å². The molecule has 1 fully saturated rings. The van der Waals surface area contributed by atoms with Crippen LogP contribution in [0.1, 0.15) is 27.2 Å². The van der Waals surface area contributed by atoms with Gasteiger partial charge in [-0.15, -0.1) is 0 Å². The van der Waals surface area contributed by atoms with E-state index in [1.165, 1.54) is 12.4 Å². The van der Waals surface area contributed by atoms with Crippen molar-refractivity contribution in [2.24, 2.45) is 0 Å². The fourth-order valence-electron chi connectivity index (χ4n) is 1.94. The summed E-state index contributed by atoms with van der Waals surface area (Å²) in [6.07, 6.45) is 3.64. The number of anilines is 1. The lowest BCUT2D eigenvalue weighted by Gasteiger charge is -2.24. The van der Waals surface area contributed by atoms with Crippen LogP contribution in [-0.2, 0) is 4.74 Å². The van der Waals surface area contributed by atoms with Crippen molar-refractivity contribution in [3.63, 3.8) is 0 Å². The van der Waals surface area contributed by atoms with Crippen LogP contribution in [-0.4, -0.2) is 45.7 Å². The van der Waals surface area contributed by atoms with E-state index in [9.17, 15) is 4.79 Å². The zero-order chi connectivity index (χ0) is 14.8. The summed E-state index contributed by atoms with van der Waals surface area (Å²) in [6, 6.07) is 0.128. The Labute approximate surface area is 123 Å². The Hall–Kier alpha value is -1.56. The number of rotatable bonds is 2. The largest absolute Gasteiger partial charge is 0.444 e. The fourth-order valence-corrected chi connectivity index (χ4v) is 2.04. The van der Waals surface area contributed by atoms with E-state index >= 15 is 0 Å². The van der Waals surface area contributed by atoms with Gasteiger partial charge in [0.2, 0.25) is 5.95 Å². The maximum Gasteiger partial charge on any atom is 0.410 e. The summed E-state index contributed by atoms with van der Waals surface area (Å²) in [5, 5.41) is 3.68. The van der Waals surface area contributed by atoms with Gasteiger partial charge >= 0.3 is 6.09 Å². The topological polar surface area (TPSA) is 67.3 Å². The molecule has 2 heterocycles. The van der Waals surface area contributed by atoms with Gasteiger partial charge in [-0.25, -0.2) is 14.8 Å². The molecule has 6 nitrogen and oxygen atoms in total. The molecule has 0 aromatic carbocycles. The molecule has 1 atom stereocenters. The quantitative estimate of drug-likeness (QED) is 0.909. The number of hydrogen-bond donors (Lipinski definition) is 1. The van der Waals surface area contributed by atoms with Crippen LogP contribution in [0.4, 0.5) is 10.7 Å². The summed E-state index contributed by atoms with van der Waals surface area (Å²) in [5.74, 6) is 0.519. The van der Waals surface area contributed by atoms with E-state index in [2.05, 4.69) is 15.3 Å². The highest BCUT2D eigenvalue weighted by Crippen LogP contribution is 2.17. The Morgan fingerprint density at radius 3 is 2.70 bits per heavy atom. The first-order valence-corrected chi connectivity index (χ1v) is 6.93. The third kappa shape index (κ3) is 4.23. The second-order valence-electron chi connectivity index (χ2n) is 5.78. The molecule has 0 bridgehead atoms. The number of carbonyl (C=O) groups is 1. The molecule has 1 aromatic rings. The number of carbonyl (C=O) groups excluding carboxylic acids is 1. The maximum atomic E-state index is 11.9. The molecule has 1 N–H and O–H groups in total. The molecule has 7 heteroatoms. The summed E-state index contributed by atoms with van der Waals surface area (Å²) >= 11 is 5.73. The lowest BCUT2D eigenvalue weighted by Crippen LogP contribution is -2.36. The van der Waals surface area contributed by atoms with E-state index in [-0.39, 0.29) is 12.1 Å². The van der Waals surface area contributed by atoms with Crippen LogP contribution in [0.2, 0.25) is 5.02 Å². The van der Waals surface area contributed by atoms with Gasteiger partial charge in [-0.1, -0.05) is 11.6 Å². The average Bonchev–Trinajstić information content (AvgIpc) is 2.79. The number of hydrogen-bond acceptors (Lipinski definition) is 5. The minimum absolute atomic E-state index is 0.128. The highest BCUT2D eigenvalue weighted by Gasteiger charge is 2.29. The highest BCUT2D eigenvalue weighted by molar-refractivity contribution is 6.30. The van der Waals surface area contributed by atoms with E-state index in [4.69, 9.17) is 16.3 Å². The molecule has 1 amide bonds. The lowest BCUT2D eigenvalue weighted by atomic mass is 10.2. The van der Waals surface area contributed by atoms with Crippen molar-refractivity contribution in [1.82, 2.24) is 14.9 Å². The maximum absolute atomic E-state index is 11.9. The van der Waals surface area contributed by atoms with E-state index in [0.29, 0.717) is 24.1 Å². The van der Waals surface area contributed by atoms with Crippen LogP contribution in [0.5, 0.6) is 0 Å². The van der Waals surface area contributed by atoms with Crippen LogP contribution in [0, 0.1) is 0 Å². The third-order valence-corrected chi connectivity index (χ3v) is 2.99. The van der Waals surface area contributed by atoms with E-state index in [0.717, 1.165) is 6.42 Å². The van der Waals surface area contributed by atoms with Crippen LogP contribution in [0.15, 0.2) is 12.4 Å². The van der Waals surface area contributed by atoms with Crippen molar-refractivity contribution >= 4 is 23.6 Å². The molecule has 1 saturated heterocycles. The number of halogens is 1. The summed E-state index contributed by atoms with van der Waals surface area (Å²) in [6.45, 7) is 6.83. The summed E-state index contributed by atoms with van der Waals surface area (Å²) in [4.78, 5) is 21.8. The van der Waals surface area contributed by atoms with Gasteiger partial charge in [0.05, 0.1) is 17.4 Å². The van der Waals surface area contributed by atoms with Gasteiger partial charge in [-0.2, -0.15) is 0 Å². The second-order valence-corrected chi connectivity index (χ2v) is 6.22. The first kappa shape index (κ1) is 14.8. The molecule has 2 rings (SSSR count). The molecule has 0 unspecified atom stereocenters. The molecule has 1 aliphatic heterocycles. The minimum Gasteiger partial charge on any atom is -0.444 e. The van der Waals surface area contributed by atoms with Gasteiger partial charge in [-0.3, -0.25) is 0 Å². The standard InChI is InChI=1S/C13H19ClN4O2/c1-13(2,3)20-12(19)18-5-4-10(8-18)17-11-15-6-9(14)7-16-11/h6-7,10H,4-5,8H2,1-3H3,(H,15,16,17)/t10-/m0/s1. The predicted octanol–water partition coefficient (Wildman–Crippen LogP) is 2.55. The SMILES string of the molecule is CC(C)(C)OC(=O)N1CC[C@H](Nc2ncc(Cl)cn2)C1. The smallest absolute Gasteiger partial charge is 0.410 e. The van der Waals surface area contributed by atoms with Gasteiger partial charge in [0.1, 0.15) is 5.60 Å². The van der Waals surface area contributed by atoms with E-state index in [1.807, 2.05) is 20.8 Å². The van der Waals surface area contributed by atoms with Crippen LogP contribution in [0.25, 0.3) is 0 Å². The first-order valence-electron chi connectivity index (χ1n) is 6.55. The summed E-state index contributed by atoms with van der Waals surface area (Å²) in [5.41, 5.74) is -0.470. The number of amides is 1.